The van der Waals surface area contributed by atoms with Crippen LogP contribution in [-0.2, 0) is 9.53 Å². The molecule has 19 heavy (non-hydrogen) atoms. The lowest BCUT2D eigenvalue weighted by atomic mass is 10.2. The van der Waals surface area contributed by atoms with Crippen LogP contribution < -0.4 is 10.1 Å². The topological polar surface area (TPSA) is 64.6 Å². The summed E-state index contributed by atoms with van der Waals surface area (Å²) >= 11 is 3.21. The number of rotatable bonds is 5. The first-order chi connectivity index (χ1) is 8.99. The summed E-state index contributed by atoms with van der Waals surface area (Å²) in [5.41, 5.74) is 0.288. The molecule has 0 saturated heterocycles. The second-order valence-electron chi connectivity index (χ2n) is 3.55. The van der Waals surface area contributed by atoms with Crippen LogP contribution in [0.15, 0.2) is 22.7 Å². The molecule has 1 aromatic rings. The van der Waals surface area contributed by atoms with E-state index in [1.807, 2.05) is 0 Å². The molecule has 7 heteroatoms. The van der Waals surface area contributed by atoms with E-state index in [-0.39, 0.29) is 5.56 Å². The Morgan fingerprint density at radius 1 is 1.42 bits per heavy atom. The molecule has 0 spiro atoms. The largest absolute Gasteiger partial charge is 0.497 e. The summed E-state index contributed by atoms with van der Waals surface area (Å²) in [7, 11) is 2.55. The van der Waals surface area contributed by atoms with Crippen LogP contribution >= 0.6 is 15.9 Å². The van der Waals surface area contributed by atoms with E-state index in [0.717, 1.165) is 7.11 Å². The number of halogens is 2. The number of carbonyl (C=O) groups excluding carboxylic acids is 2. The van der Waals surface area contributed by atoms with Gasteiger partial charge < -0.3 is 14.8 Å². The third-order valence-corrected chi connectivity index (χ3v) is 3.01. The minimum Gasteiger partial charge on any atom is -0.497 e. The zero-order valence-corrected chi connectivity index (χ0v) is 12.0. The van der Waals surface area contributed by atoms with Gasteiger partial charge in [-0.1, -0.05) is 0 Å². The number of alkyl halides is 1. The Bertz CT molecular complexity index is 481. The molecule has 0 aliphatic heterocycles. The van der Waals surface area contributed by atoms with E-state index >= 15 is 0 Å². The van der Waals surface area contributed by atoms with E-state index < -0.39 is 24.6 Å². The monoisotopic (exact) mass is 333 g/mol. The van der Waals surface area contributed by atoms with Crippen molar-refractivity contribution >= 4 is 27.8 Å². The quantitative estimate of drug-likeness (QED) is 0.833. The number of amides is 1. The van der Waals surface area contributed by atoms with Gasteiger partial charge in [0.25, 0.3) is 5.91 Å². The minimum atomic E-state index is -1.89. The average molecular weight is 334 g/mol. The molecule has 0 unspecified atom stereocenters. The van der Waals surface area contributed by atoms with Gasteiger partial charge in [0.05, 0.1) is 26.3 Å². The molecule has 0 aliphatic carbocycles. The molecule has 0 aromatic heterocycles. The highest BCUT2D eigenvalue weighted by Gasteiger charge is 2.19. The number of benzene rings is 1. The molecule has 1 atom stereocenters. The zero-order valence-electron chi connectivity index (χ0n) is 10.4. The summed E-state index contributed by atoms with van der Waals surface area (Å²) in [6.07, 6.45) is -1.89. The molecule has 1 rings (SSSR count). The summed E-state index contributed by atoms with van der Waals surface area (Å²) in [6, 6.07) is 4.82. The Morgan fingerprint density at radius 3 is 2.68 bits per heavy atom. The van der Waals surface area contributed by atoms with E-state index in [1.165, 1.54) is 13.2 Å². The number of nitrogens with one attached hydrogen (secondary N) is 1. The number of hydrogen-bond acceptors (Lipinski definition) is 4. The predicted molar refractivity (Wildman–Crippen MR) is 69.9 cm³/mol. The van der Waals surface area contributed by atoms with Crippen LogP contribution in [0.3, 0.4) is 0 Å². The van der Waals surface area contributed by atoms with E-state index in [1.54, 1.807) is 12.1 Å². The van der Waals surface area contributed by atoms with Crippen LogP contribution in [0.2, 0.25) is 0 Å². The number of esters is 1. The summed E-state index contributed by atoms with van der Waals surface area (Å²) in [5.74, 6) is -1.04. The SMILES string of the molecule is COC(=O)[C@@H](F)CNC(=O)c1cc(OC)ccc1Br. The van der Waals surface area contributed by atoms with Crippen molar-refractivity contribution < 1.29 is 23.5 Å². The third kappa shape index (κ3) is 4.20. The maximum absolute atomic E-state index is 13.2. The summed E-state index contributed by atoms with van der Waals surface area (Å²) in [4.78, 5) is 22.7. The fraction of sp³-hybridized carbons (Fsp3) is 0.333. The van der Waals surface area contributed by atoms with Crippen LogP contribution in [0.1, 0.15) is 10.4 Å². The lowest BCUT2D eigenvalue weighted by Crippen LogP contribution is -2.34. The van der Waals surface area contributed by atoms with Crippen molar-refractivity contribution in [2.75, 3.05) is 20.8 Å². The molecule has 0 saturated carbocycles. The fourth-order valence-corrected chi connectivity index (χ4v) is 1.72. The highest BCUT2D eigenvalue weighted by Crippen LogP contribution is 2.22. The van der Waals surface area contributed by atoms with Crippen molar-refractivity contribution in [2.24, 2.45) is 0 Å². The summed E-state index contributed by atoms with van der Waals surface area (Å²) in [6.45, 7) is -0.449. The average Bonchev–Trinajstić information content (AvgIpc) is 2.43. The number of ether oxygens (including phenoxy) is 2. The highest BCUT2D eigenvalue weighted by atomic mass is 79.9. The van der Waals surface area contributed by atoms with Crippen LogP contribution in [0.5, 0.6) is 5.75 Å². The number of hydrogen-bond donors (Lipinski definition) is 1. The van der Waals surface area contributed by atoms with Crippen molar-refractivity contribution in [3.05, 3.63) is 28.2 Å². The molecule has 104 valence electrons. The molecule has 1 N–H and O–H groups in total. The normalized spacial score (nSPS) is 11.6. The second kappa shape index (κ2) is 7.08. The van der Waals surface area contributed by atoms with Gasteiger partial charge in [-0.25, -0.2) is 9.18 Å². The number of methoxy groups -OCH3 is 2. The lowest BCUT2D eigenvalue weighted by molar-refractivity contribution is -0.146. The van der Waals surface area contributed by atoms with Gasteiger partial charge in [-0.15, -0.1) is 0 Å². The molecule has 0 heterocycles. The van der Waals surface area contributed by atoms with Gasteiger partial charge in [-0.05, 0) is 34.1 Å². The summed E-state index contributed by atoms with van der Waals surface area (Å²) in [5, 5.41) is 2.31. The molecule has 0 fully saturated rings. The van der Waals surface area contributed by atoms with Gasteiger partial charge in [0.2, 0.25) is 6.17 Å². The van der Waals surface area contributed by atoms with E-state index in [4.69, 9.17) is 4.74 Å². The zero-order chi connectivity index (χ0) is 14.4. The van der Waals surface area contributed by atoms with Crippen LogP contribution in [0, 0.1) is 0 Å². The highest BCUT2D eigenvalue weighted by molar-refractivity contribution is 9.10. The second-order valence-corrected chi connectivity index (χ2v) is 4.40. The smallest absolute Gasteiger partial charge is 0.342 e. The van der Waals surface area contributed by atoms with Gasteiger partial charge in [0.15, 0.2) is 0 Å². The maximum Gasteiger partial charge on any atom is 0.342 e. The van der Waals surface area contributed by atoms with Crippen LogP contribution in [0.25, 0.3) is 0 Å². The van der Waals surface area contributed by atoms with E-state index in [2.05, 4.69) is 26.0 Å². The predicted octanol–water partition coefficient (Wildman–Crippen LogP) is 1.70. The van der Waals surface area contributed by atoms with Gasteiger partial charge in [0.1, 0.15) is 5.75 Å². The first kappa shape index (κ1) is 15.4. The molecular formula is C12H13BrFNO4. The Hall–Kier alpha value is -1.63. The first-order valence-electron chi connectivity index (χ1n) is 5.33. The van der Waals surface area contributed by atoms with Crippen molar-refractivity contribution in [2.45, 2.75) is 6.17 Å². The van der Waals surface area contributed by atoms with Crippen molar-refractivity contribution in [3.8, 4) is 5.75 Å². The van der Waals surface area contributed by atoms with Crippen molar-refractivity contribution in [1.29, 1.82) is 0 Å². The Kier molecular flexibility index (Phi) is 5.75. The van der Waals surface area contributed by atoms with Crippen LogP contribution in [-0.4, -0.2) is 38.8 Å². The van der Waals surface area contributed by atoms with Gasteiger partial charge >= 0.3 is 5.97 Å². The van der Waals surface area contributed by atoms with Gasteiger partial charge in [0, 0.05) is 4.47 Å². The Labute approximate surface area is 118 Å². The summed E-state index contributed by atoms with van der Waals surface area (Å²) < 4.78 is 22.9. The van der Waals surface area contributed by atoms with Crippen molar-refractivity contribution in [1.82, 2.24) is 5.32 Å². The third-order valence-electron chi connectivity index (χ3n) is 2.32. The standard InChI is InChI=1S/C12H13BrFNO4/c1-18-7-3-4-9(13)8(5-7)11(16)15-6-10(14)12(17)19-2/h3-5,10H,6H2,1-2H3,(H,15,16)/t10-/m0/s1. The fourth-order valence-electron chi connectivity index (χ4n) is 1.29. The van der Waals surface area contributed by atoms with Gasteiger partial charge in [-0.2, -0.15) is 0 Å². The number of carbonyl (C=O) groups is 2. The van der Waals surface area contributed by atoms with Gasteiger partial charge in [-0.3, -0.25) is 4.79 Å². The van der Waals surface area contributed by atoms with E-state index in [9.17, 15) is 14.0 Å². The molecule has 0 bridgehead atoms. The molecule has 0 aliphatic rings. The lowest BCUT2D eigenvalue weighted by Gasteiger charge is -2.10. The Balaban J connectivity index is 2.70. The molecular weight excluding hydrogens is 321 g/mol. The molecule has 1 aromatic carbocycles. The van der Waals surface area contributed by atoms with Crippen LogP contribution in [0.4, 0.5) is 4.39 Å². The van der Waals surface area contributed by atoms with Crippen molar-refractivity contribution in [3.63, 3.8) is 0 Å². The molecule has 5 nitrogen and oxygen atoms in total. The molecule has 0 radical (unpaired) electrons. The minimum absolute atomic E-state index is 0.288. The Morgan fingerprint density at radius 2 is 2.11 bits per heavy atom. The van der Waals surface area contributed by atoms with E-state index in [0.29, 0.717) is 10.2 Å². The molecule has 1 amide bonds. The first-order valence-corrected chi connectivity index (χ1v) is 6.12. The maximum atomic E-state index is 13.2.